The highest BCUT2D eigenvalue weighted by atomic mass is 32.1. The lowest BCUT2D eigenvalue weighted by molar-refractivity contribution is 0.0942. The Labute approximate surface area is 144 Å². The molecule has 24 heavy (non-hydrogen) atoms. The molecular formula is C17H21N5OS. The summed E-state index contributed by atoms with van der Waals surface area (Å²) in [7, 11) is 1.84. The van der Waals surface area contributed by atoms with Crippen LogP contribution in [0.3, 0.4) is 0 Å². The Morgan fingerprint density at radius 2 is 1.92 bits per heavy atom. The maximum Gasteiger partial charge on any atom is 0.252 e. The van der Waals surface area contributed by atoms with Crippen molar-refractivity contribution in [1.29, 1.82) is 0 Å². The van der Waals surface area contributed by atoms with Gasteiger partial charge >= 0.3 is 0 Å². The van der Waals surface area contributed by atoms with E-state index in [1.807, 2.05) is 47.7 Å². The summed E-state index contributed by atoms with van der Waals surface area (Å²) in [6.07, 6.45) is 0. The average molecular weight is 343 g/mol. The number of rotatable bonds is 3. The Hall–Kier alpha value is -2.28. The van der Waals surface area contributed by atoms with Crippen molar-refractivity contribution in [3.63, 3.8) is 0 Å². The molecule has 0 aliphatic rings. The fourth-order valence-electron chi connectivity index (χ4n) is 3.04. The first-order chi connectivity index (χ1) is 11.3. The minimum Gasteiger partial charge on any atom is -0.345 e. The number of thiazole rings is 1. The topological polar surface area (TPSA) is 72.7 Å². The number of nitrogens with one attached hydrogen (secondary N) is 1. The maximum absolute atomic E-state index is 12.9. The standard InChI is InChI=1S/C17H21N5OS/c1-8-7-13(14-9(2)21-22(6)16(14)18-8)17(23)20-11(4)15-10(3)19-12(5)24-15/h7,11H,1-6H3,(H,20,23). The Bertz CT molecular complexity index is 940. The molecule has 0 aromatic carbocycles. The van der Waals surface area contributed by atoms with Gasteiger partial charge in [-0.1, -0.05) is 0 Å². The summed E-state index contributed by atoms with van der Waals surface area (Å²) in [5, 5.41) is 9.30. The minimum atomic E-state index is -0.112. The molecule has 3 rings (SSSR count). The molecule has 7 heteroatoms. The molecule has 0 aliphatic heterocycles. The average Bonchev–Trinajstić information content (AvgIpc) is 2.97. The zero-order chi connectivity index (χ0) is 17.6. The molecule has 0 saturated heterocycles. The highest BCUT2D eigenvalue weighted by Gasteiger charge is 2.21. The SMILES string of the molecule is Cc1cc(C(=O)NC(C)c2sc(C)nc2C)c2c(C)nn(C)c2n1. The van der Waals surface area contributed by atoms with Crippen LogP contribution in [0.5, 0.6) is 0 Å². The third kappa shape index (κ3) is 2.80. The van der Waals surface area contributed by atoms with Gasteiger partial charge in [0.1, 0.15) is 0 Å². The second kappa shape index (κ2) is 5.98. The van der Waals surface area contributed by atoms with Crippen LogP contribution in [0, 0.1) is 27.7 Å². The molecule has 0 fully saturated rings. The first-order valence-electron chi connectivity index (χ1n) is 7.83. The molecule has 0 aliphatic carbocycles. The molecule has 1 atom stereocenters. The molecule has 1 N–H and O–H groups in total. The quantitative estimate of drug-likeness (QED) is 0.793. The maximum atomic E-state index is 12.9. The lowest BCUT2D eigenvalue weighted by Crippen LogP contribution is -2.27. The summed E-state index contributed by atoms with van der Waals surface area (Å²) in [6.45, 7) is 9.72. The molecule has 3 heterocycles. The number of carbonyl (C=O) groups is 1. The predicted octanol–water partition coefficient (Wildman–Crippen LogP) is 3.15. The molecule has 0 spiro atoms. The van der Waals surface area contributed by atoms with Gasteiger partial charge in [0.25, 0.3) is 5.91 Å². The van der Waals surface area contributed by atoms with Gasteiger partial charge in [-0.15, -0.1) is 11.3 Å². The van der Waals surface area contributed by atoms with Crippen LogP contribution in [0.25, 0.3) is 11.0 Å². The van der Waals surface area contributed by atoms with Crippen LogP contribution in [0.4, 0.5) is 0 Å². The minimum absolute atomic E-state index is 0.0933. The van der Waals surface area contributed by atoms with Gasteiger partial charge in [0.05, 0.1) is 33.4 Å². The van der Waals surface area contributed by atoms with E-state index in [9.17, 15) is 4.79 Å². The number of amides is 1. The third-order valence-electron chi connectivity index (χ3n) is 4.02. The van der Waals surface area contributed by atoms with Crippen molar-refractivity contribution in [3.8, 4) is 0 Å². The summed E-state index contributed by atoms with van der Waals surface area (Å²) in [5.41, 5.74) is 3.93. The van der Waals surface area contributed by atoms with Crippen molar-refractivity contribution < 1.29 is 4.79 Å². The first-order valence-corrected chi connectivity index (χ1v) is 8.65. The van der Waals surface area contributed by atoms with Gasteiger partial charge in [-0.05, 0) is 40.7 Å². The van der Waals surface area contributed by atoms with E-state index < -0.39 is 0 Å². The number of fused-ring (bicyclic) bond motifs is 1. The van der Waals surface area contributed by atoms with Crippen molar-refractivity contribution in [3.05, 3.63) is 38.6 Å². The molecule has 3 aromatic heterocycles. The third-order valence-corrected chi connectivity index (χ3v) is 5.28. The van der Waals surface area contributed by atoms with Gasteiger partial charge in [-0.3, -0.25) is 9.48 Å². The van der Waals surface area contributed by atoms with Gasteiger partial charge in [-0.2, -0.15) is 5.10 Å². The van der Waals surface area contributed by atoms with Crippen LogP contribution >= 0.6 is 11.3 Å². The van der Waals surface area contributed by atoms with Gasteiger partial charge < -0.3 is 5.32 Å². The monoisotopic (exact) mass is 343 g/mol. The number of carbonyl (C=O) groups excluding carboxylic acids is 1. The van der Waals surface area contributed by atoms with E-state index in [0.717, 1.165) is 38.0 Å². The second-order valence-electron chi connectivity index (χ2n) is 6.10. The van der Waals surface area contributed by atoms with Crippen molar-refractivity contribution in [1.82, 2.24) is 25.1 Å². The van der Waals surface area contributed by atoms with E-state index in [1.165, 1.54) is 0 Å². The summed E-state index contributed by atoms with van der Waals surface area (Å²) < 4.78 is 1.72. The fraction of sp³-hybridized carbons (Fsp3) is 0.412. The molecule has 0 bridgehead atoms. The molecule has 1 amide bonds. The van der Waals surface area contributed by atoms with E-state index >= 15 is 0 Å². The van der Waals surface area contributed by atoms with E-state index in [1.54, 1.807) is 16.0 Å². The molecule has 6 nitrogen and oxygen atoms in total. The van der Waals surface area contributed by atoms with Crippen molar-refractivity contribution in [2.24, 2.45) is 7.05 Å². The van der Waals surface area contributed by atoms with E-state index in [0.29, 0.717) is 5.56 Å². The Morgan fingerprint density at radius 1 is 1.21 bits per heavy atom. The first kappa shape index (κ1) is 16.6. The molecule has 1 unspecified atom stereocenters. The molecule has 0 radical (unpaired) electrons. The van der Waals surface area contributed by atoms with Gasteiger partial charge in [0, 0.05) is 17.6 Å². The lowest BCUT2D eigenvalue weighted by Gasteiger charge is -2.14. The van der Waals surface area contributed by atoms with Crippen LogP contribution in [0.15, 0.2) is 6.07 Å². The number of hydrogen-bond donors (Lipinski definition) is 1. The van der Waals surface area contributed by atoms with Crippen LogP contribution in [-0.2, 0) is 7.05 Å². The summed E-state index contributed by atoms with van der Waals surface area (Å²) >= 11 is 1.62. The molecule has 0 saturated carbocycles. The highest BCUT2D eigenvalue weighted by molar-refractivity contribution is 7.11. The van der Waals surface area contributed by atoms with E-state index in [4.69, 9.17) is 0 Å². The zero-order valence-electron chi connectivity index (χ0n) is 14.8. The zero-order valence-corrected chi connectivity index (χ0v) is 15.6. The Morgan fingerprint density at radius 3 is 2.54 bits per heavy atom. The predicted molar refractivity (Wildman–Crippen MR) is 95.5 cm³/mol. The van der Waals surface area contributed by atoms with Crippen LogP contribution in [0.2, 0.25) is 0 Å². The number of pyridine rings is 1. The van der Waals surface area contributed by atoms with Crippen LogP contribution < -0.4 is 5.32 Å². The number of aryl methyl sites for hydroxylation is 5. The Kier molecular flexibility index (Phi) is 4.13. The fourth-order valence-corrected chi connectivity index (χ4v) is 3.97. The smallest absolute Gasteiger partial charge is 0.252 e. The van der Waals surface area contributed by atoms with E-state index in [-0.39, 0.29) is 11.9 Å². The number of aromatic nitrogens is 4. The normalized spacial score (nSPS) is 12.6. The number of nitrogens with zero attached hydrogens (tertiary/aromatic N) is 4. The van der Waals surface area contributed by atoms with Gasteiger partial charge in [0.2, 0.25) is 0 Å². The lowest BCUT2D eigenvalue weighted by atomic mass is 10.1. The largest absolute Gasteiger partial charge is 0.345 e. The molecule has 126 valence electrons. The van der Waals surface area contributed by atoms with Gasteiger partial charge in [0.15, 0.2) is 5.65 Å². The summed E-state index contributed by atoms with van der Waals surface area (Å²) in [6, 6.07) is 1.73. The second-order valence-corrected chi connectivity index (χ2v) is 7.33. The molecule has 3 aromatic rings. The van der Waals surface area contributed by atoms with Crippen LogP contribution in [0.1, 0.15) is 50.3 Å². The number of hydrogen-bond acceptors (Lipinski definition) is 5. The Balaban J connectivity index is 1.98. The molecular weight excluding hydrogens is 322 g/mol. The van der Waals surface area contributed by atoms with Crippen LogP contribution in [-0.4, -0.2) is 25.7 Å². The van der Waals surface area contributed by atoms with Crippen molar-refractivity contribution in [2.75, 3.05) is 0 Å². The summed E-state index contributed by atoms with van der Waals surface area (Å²) in [5.74, 6) is -0.112. The van der Waals surface area contributed by atoms with E-state index in [2.05, 4.69) is 20.4 Å². The highest BCUT2D eigenvalue weighted by Crippen LogP contribution is 2.26. The summed E-state index contributed by atoms with van der Waals surface area (Å²) in [4.78, 5) is 22.9. The van der Waals surface area contributed by atoms with Crippen molar-refractivity contribution >= 4 is 28.3 Å². The van der Waals surface area contributed by atoms with Crippen molar-refractivity contribution in [2.45, 2.75) is 40.7 Å². The van der Waals surface area contributed by atoms with Gasteiger partial charge in [-0.25, -0.2) is 9.97 Å².